The third kappa shape index (κ3) is 5.48. The maximum atomic E-state index is 12.8. The standard InChI is InChI=1S/C23H23ClN4O2S/c1-17-7-8-18(24)15-20(17)27-11-13-28(14-12-27)21(29)16-31-23-22(25-9-10-26-23)30-19-5-3-2-4-6-19/h2-10,15H,11-14,16H2,1H3. The van der Waals surface area contributed by atoms with Crippen LogP contribution in [0.4, 0.5) is 5.69 Å². The van der Waals surface area contributed by atoms with Gasteiger partial charge in [0.2, 0.25) is 5.91 Å². The number of aryl methyl sites for hydroxylation is 1. The van der Waals surface area contributed by atoms with Crippen LogP contribution in [0.1, 0.15) is 5.56 Å². The van der Waals surface area contributed by atoms with Crippen molar-refractivity contribution in [2.75, 3.05) is 36.8 Å². The summed E-state index contributed by atoms with van der Waals surface area (Å²) in [6.07, 6.45) is 3.19. The lowest BCUT2D eigenvalue weighted by molar-refractivity contribution is -0.128. The molecule has 1 amide bonds. The van der Waals surface area contributed by atoms with Gasteiger partial charge in [-0.3, -0.25) is 4.79 Å². The average molecular weight is 455 g/mol. The van der Waals surface area contributed by atoms with Gasteiger partial charge in [0.05, 0.1) is 5.75 Å². The Morgan fingerprint density at radius 1 is 1.06 bits per heavy atom. The quantitative estimate of drug-likeness (QED) is 0.504. The van der Waals surface area contributed by atoms with E-state index in [-0.39, 0.29) is 5.91 Å². The third-order valence-electron chi connectivity index (χ3n) is 5.07. The van der Waals surface area contributed by atoms with Crippen LogP contribution in [-0.4, -0.2) is 52.7 Å². The molecule has 0 N–H and O–H groups in total. The number of piperazine rings is 1. The van der Waals surface area contributed by atoms with Gasteiger partial charge in [-0.1, -0.05) is 47.6 Å². The summed E-state index contributed by atoms with van der Waals surface area (Å²) >= 11 is 7.51. The van der Waals surface area contributed by atoms with E-state index in [9.17, 15) is 4.79 Å². The molecule has 1 aliphatic heterocycles. The number of halogens is 1. The maximum absolute atomic E-state index is 12.8. The molecule has 0 radical (unpaired) electrons. The Hall–Kier alpha value is -2.77. The first-order chi connectivity index (χ1) is 15.1. The van der Waals surface area contributed by atoms with Crippen molar-refractivity contribution >= 4 is 35.0 Å². The van der Waals surface area contributed by atoms with Crippen molar-refractivity contribution in [3.63, 3.8) is 0 Å². The van der Waals surface area contributed by atoms with Gasteiger partial charge in [-0.05, 0) is 36.8 Å². The minimum atomic E-state index is 0.0868. The summed E-state index contributed by atoms with van der Waals surface area (Å²) in [4.78, 5) is 25.6. The monoisotopic (exact) mass is 454 g/mol. The summed E-state index contributed by atoms with van der Waals surface area (Å²) in [6, 6.07) is 15.4. The Kier molecular flexibility index (Phi) is 6.94. The normalized spacial score (nSPS) is 13.9. The zero-order valence-electron chi connectivity index (χ0n) is 17.2. The van der Waals surface area contributed by atoms with Gasteiger partial charge in [-0.2, -0.15) is 0 Å². The number of para-hydroxylation sites is 1. The van der Waals surface area contributed by atoms with Crippen LogP contribution in [-0.2, 0) is 4.79 Å². The van der Waals surface area contributed by atoms with E-state index in [1.807, 2.05) is 53.4 Å². The third-order valence-corrected chi connectivity index (χ3v) is 6.25. The number of rotatable bonds is 6. The van der Waals surface area contributed by atoms with Gasteiger partial charge in [-0.15, -0.1) is 0 Å². The number of benzene rings is 2. The summed E-state index contributed by atoms with van der Waals surface area (Å²) in [5.74, 6) is 1.47. The topological polar surface area (TPSA) is 58.6 Å². The summed E-state index contributed by atoms with van der Waals surface area (Å²) < 4.78 is 5.83. The van der Waals surface area contributed by atoms with Crippen LogP contribution < -0.4 is 9.64 Å². The Labute approximate surface area is 191 Å². The van der Waals surface area contributed by atoms with E-state index in [1.54, 1.807) is 12.4 Å². The average Bonchev–Trinajstić information content (AvgIpc) is 2.81. The van der Waals surface area contributed by atoms with Crippen LogP contribution >= 0.6 is 23.4 Å². The molecule has 0 spiro atoms. The molecule has 160 valence electrons. The maximum Gasteiger partial charge on any atom is 0.252 e. The van der Waals surface area contributed by atoms with E-state index in [2.05, 4.69) is 21.8 Å². The minimum Gasteiger partial charge on any atom is -0.437 e. The molecule has 8 heteroatoms. The SMILES string of the molecule is Cc1ccc(Cl)cc1N1CCN(C(=O)CSc2nccnc2Oc2ccccc2)CC1. The number of anilines is 1. The first-order valence-corrected chi connectivity index (χ1v) is 11.4. The number of nitrogens with zero attached hydrogens (tertiary/aromatic N) is 4. The lowest BCUT2D eigenvalue weighted by atomic mass is 10.1. The fraction of sp³-hybridized carbons (Fsp3) is 0.261. The summed E-state index contributed by atoms with van der Waals surface area (Å²) in [6.45, 7) is 5.00. The van der Waals surface area contributed by atoms with Crippen molar-refractivity contribution in [3.8, 4) is 11.6 Å². The van der Waals surface area contributed by atoms with Crippen LogP contribution in [0.15, 0.2) is 66.0 Å². The van der Waals surface area contributed by atoms with Crippen molar-refractivity contribution in [3.05, 3.63) is 71.5 Å². The van der Waals surface area contributed by atoms with Crippen molar-refractivity contribution in [2.45, 2.75) is 11.9 Å². The predicted molar refractivity (Wildman–Crippen MR) is 124 cm³/mol. The molecule has 2 aromatic carbocycles. The van der Waals surface area contributed by atoms with E-state index in [1.165, 1.54) is 17.3 Å². The lowest BCUT2D eigenvalue weighted by Crippen LogP contribution is -2.49. The molecule has 2 heterocycles. The fourth-order valence-corrected chi connectivity index (χ4v) is 4.39. The highest BCUT2D eigenvalue weighted by Gasteiger charge is 2.23. The molecule has 6 nitrogen and oxygen atoms in total. The molecule has 1 aromatic heterocycles. The predicted octanol–water partition coefficient (Wildman–Crippen LogP) is 4.67. The molecule has 31 heavy (non-hydrogen) atoms. The highest BCUT2D eigenvalue weighted by Crippen LogP contribution is 2.29. The van der Waals surface area contributed by atoms with Gasteiger partial charge < -0.3 is 14.5 Å². The number of thioether (sulfide) groups is 1. The van der Waals surface area contributed by atoms with Crippen molar-refractivity contribution in [1.82, 2.24) is 14.9 Å². The minimum absolute atomic E-state index is 0.0868. The second-order valence-corrected chi connectivity index (χ2v) is 8.57. The van der Waals surface area contributed by atoms with E-state index in [4.69, 9.17) is 16.3 Å². The van der Waals surface area contributed by atoms with Gasteiger partial charge >= 0.3 is 0 Å². The van der Waals surface area contributed by atoms with E-state index in [0.29, 0.717) is 35.5 Å². The highest BCUT2D eigenvalue weighted by atomic mass is 35.5. The Balaban J connectivity index is 1.33. The zero-order chi connectivity index (χ0) is 21.6. The number of carbonyl (C=O) groups is 1. The first kappa shape index (κ1) is 21.5. The number of amides is 1. The largest absolute Gasteiger partial charge is 0.437 e. The number of ether oxygens (including phenoxy) is 1. The smallest absolute Gasteiger partial charge is 0.252 e. The molecule has 1 saturated heterocycles. The molecule has 0 aliphatic carbocycles. The molecule has 1 fully saturated rings. The van der Waals surface area contributed by atoms with Crippen LogP contribution in [0.25, 0.3) is 0 Å². The zero-order valence-corrected chi connectivity index (χ0v) is 18.8. The van der Waals surface area contributed by atoms with E-state index in [0.717, 1.165) is 23.8 Å². The van der Waals surface area contributed by atoms with Crippen molar-refractivity contribution < 1.29 is 9.53 Å². The molecule has 0 bridgehead atoms. The number of hydrogen-bond donors (Lipinski definition) is 0. The summed E-state index contributed by atoms with van der Waals surface area (Å²) in [7, 11) is 0. The second kappa shape index (κ2) is 10.0. The van der Waals surface area contributed by atoms with Gasteiger partial charge in [-0.25, -0.2) is 9.97 Å². The molecule has 1 aliphatic rings. The summed E-state index contributed by atoms with van der Waals surface area (Å²) in [5.41, 5.74) is 2.32. The number of hydrogen-bond acceptors (Lipinski definition) is 6. The molecule has 3 aromatic rings. The van der Waals surface area contributed by atoms with Crippen LogP contribution in [0.3, 0.4) is 0 Å². The number of aromatic nitrogens is 2. The second-order valence-electron chi connectivity index (χ2n) is 7.17. The molecule has 4 rings (SSSR count). The Bertz CT molecular complexity index is 1040. The van der Waals surface area contributed by atoms with Crippen LogP contribution in [0, 0.1) is 6.92 Å². The number of carbonyl (C=O) groups excluding carboxylic acids is 1. The molecule has 0 atom stereocenters. The summed E-state index contributed by atoms with van der Waals surface area (Å²) in [5, 5.41) is 1.33. The van der Waals surface area contributed by atoms with Gasteiger partial charge in [0, 0.05) is 49.3 Å². The van der Waals surface area contributed by atoms with Crippen molar-refractivity contribution in [2.24, 2.45) is 0 Å². The van der Waals surface area contributed by atoms with Crippen LogP contribution in [0.2, 0.25) is 5.02 Å². The molecular weight excluding hydrogens is 432 g/mol. The van der Waals surface area contributed by atoms with Gasteiger partial charge in [0.25, 0.3) is 5.88 Å². The van der Waals surface area contributed by atoms with Gasteiger partial charge in [0.15, 0.2) is 5.03 Å². The Morgan fingerprint density at radius 2 is 1.81 bits per heavy atom. The first-order valence-electron chi connectivity index (χ1n) is 10.1. The van der Waals surface area contributed by atoms with E-state index >= 15 is 0 Å². The molecule has 0 unspecified atom stereocenters. The van der Waals surface area contributed by atoms with E-state index < -0.39 is 0 Å². The fourth-order valence-electron chi connectivity index (χ4n) is 3.42. The molecular formula is C23H23ClN4O2S. The lowest BCUT2D eigenvalue weighted by Gasteiger charge is -2.36. The molecule has 0 saturated carbocycles. The Morgan fingerprint density at radius 3 is 2.58 bits per heavy atom. The van der Waals surface area contributed by atoms with Crippen LogP contribution in [0.5, 0.6) is 11.6 Å². The van der Waals surface area contributed by atoms with Crippen molar-refractivity contribution in [1.29, 1.82) is 0 Å². The highest BCUT2D eigenvalue weighted by molar-refractivity contribution is 8.00. The van der Waals surface area contributed by atoms with Gasteiger partial charge in [0.1, 0.15) is 5.75 Å².